The van der Waals surface area contributed by atoms with E-state index < -0.39 is 0 Å². The van der Waals surface area contributed by atoms with E-state index in [1.54, 1.807) is 0 Å². The lowest BCUT2D eigenvalue weighted by Gasteiger charge is -2.06. The molecule has 0 radical (unpaired) electrons. The molecule has 0 spiro atoms. The minimum Gasteiger partial charge on any atom is -0.508 e. The first-order valence-electron chi connectivity index (χ1n) is 5.43. The number of phenolic OH excluding ortho intramolecular Hbond substituents is 2. The molecular formula is C13H9Cl3N2O2. The molecule has 0 saturated carbocycles. The summed E-state index contributed by atoms with van der Waals surface area (Å²) in [5, 5.41) is 23.8. The van der Waals surface area contributed by atoms with Crippen molar-refractivity contribution in [2.75, 3.05) is 5.43 Å². The largest absolute Gasteiger partial charge is 0.508 e. The van der Waals surface area contributed by atoms with E-state index in [2.05, 4.69) is 10.5 Å². The van der Waals surface area contributed by atoms with Crippen molar-refractivity contribution < 1.29 is 10.2 Å². The quantitative estimate of drug-likeness (QED) is 0.573. The van der Waals surface area contributed by atoms with Crippen LogP contribution in [0.3, 0.4) is 0 Å². The van der Waals surface area contributed by atoms with Gasteiger partial charge in [-0.3, -0.25) is 5.43 Å². The van der Waals surface area contributed by atoms with Crippen molar-refractivity contribution in [1.29, 1.82) is 0 Å². The summed E-state index contributed by atoms with van der Waals surface area (Å²) < 4.78 is 0. The molecule has 0 aromatic heterocycles. The molecule has 0 heterocycles. The van der Waals surface area contributed by atoms with E-state index >= 15 is 0 Å². The van der Waals surface area contributed by atoms with Gasteiger partial charge in [0.1, 0.15) is 11.5 Å². The van der Waals surface area contributed by atoms with E-state index in [-0.39, 0.29) is 11.5 Å². The average molecular weight is 332 g/mol. The fourth-order valence-electron chi connectivity index (χ4n) is 1.46. The molecule has 0 aliphatic carbocycles. The van der Waals surface area contributed by atoms with Crippen LogP contribution in [0.2, 0.25) is 15.1 Å². The summed E-state index contributed by atoms with van der Waals surface area (Å²) in [6, 6.07) is 7.23. The van der Waals surface area contributed by atoms with Gasteiger partial charge in [0, 0.05) is 16.7 Å². The number of hydrogen-bond acceptors (Lipinski definition) is 4. The topological polar surface area (TPSA) is 64.9 Å². The molecule has 0 saturated heterocycles. The molecular weight excluding hydrogens is 323 g/mol. The van der Waals surface area contributed by atoms with Crippen molar-refractivity contribution in [3.05, 3.63) is 51.0 Å². The van der Waals surface area contributed by atoms with Crippen LogP contribution < -0.4 is 5.43 Å². The van der Waals surface area contributed by atoms with Gasteiger partial charge in [-0.15, -0.1) is 0 Å². The van der Waals surface area contributed by atoms with Crippen LogP contribution in [0.15, 0.2) is 35.4 Å². The number of halogens is 3. The van der Waals surface area contributed by atoms with Crippen LogP contribution in [-0.2, 0) is 0 Å². The van der Waals surface area contributed by atoms with E-state index in [1.165, 1.54) is 36.5 Å². The molecule has 0 fully saturated rings. The monoisotopic (exact) mass is 330 g/mol. The Kier molecular flexibility index (Phi) is 4.60. The Morgan fingerprint density at radius 3 is 2.25 bits per heavy atom. The number of benzene rings is 2. The molecule has 2 aromatic carbocycles. The maximum absolute atomic E-state index is 9.59. The number of nitrogens with zero attached hydrogens (tertiary/aromatic N) is 1. The van der Waals surface area contributed by atoms with E-state index in [0.717, 1.165) is 0 Å². The lowest BCUT2D eigenvalue weighted by atomic mass is 10.2. The molecule has 20 heavy (non-hydrogen) atoms. The summed E-state index contributed by atoms with van der Waals surface area (Å²) in [7, 11) is 0. The van der Waals surface area contributed by atoms with Crippen LogP contribution in [0.5, 0.6) is 11.5 Å². The molecule has 0 unspecified atom stereocenters. The van der Waals surface area contributed by atoms with Gasteiger partial charge in [0.25, 0.3) is 0 Å². The van der Waals surface area contributed by atoms with E-state index in [9.17, 15) is 10.2 Å². The number of aromatic hydroxyl groups is 2. The van der Waals surface area contributed by atoms with Gasteiger partial charge in [-0.25, -0.2) is 0 Å². The standard InChI is InChI=1S/C13H9Cl3N2O2/c14-8-3-10(15)13(11(16)4-8)18-17-6-7-1-2-9(19)5-12(7)20/h1-6,18-20H/b17-6-. The molecule has 4 nitrogen and oxygen atoms in total. The van der Waals surface area contributed by atoms with Crippen LogP contribution in [-0.4, -0.2) is 16.4 Å². The van der Waals surface area contributed by atoms with Gasteiger partial charge in [-0.05, 0) is 24.3 Å². The summed E-state index contributed by atoms with van der Waals surface area (Å²) in [6.45, 7) is 0. The minimum atomic E-state index is -0.0937. The third-order valence-electron chi connectivity index (χ3n) is 2.40. The molecule has 0 aliphatic rings. The second kappa shape index (κ2) is 6.22. The predicted octanol–water partition coefficient (Wildman–Crippen LogP) is 4.50. The second-order valence-corrected chi connectivity index (χ2v) is 5.11. The Morgan fingerprint density at radius 1 is 1.00 bits per heavy atom. The Balaban J connectivity index is 2.18. The highest BCUT2D eigenvalue weighted by Gasteiger charge is 2.06. The second-order valence-electron chi connectivity index (χ2n) is 3.86. The minimum absolute atomic E-state index is 0.0311. The highest BCUT2D eigenvalue weighted by molar-refractivity contribution is 6.41. The maximum Gasteiger partial charge on any atom is 0.128 e. The van der Waals surface area contributed by atoms with Crippen molar-refractivity contribution in [2.24, 2.45) is 5.10 Å². The lowest BCUT2D eigenvalue weighted by molar-refractivity contribution is 0.450. The number of anilines is 1. The normalized spacial score (nSPS) is 10.9. The first-order chi connectivity index (χ1) is 9.47. The first kappa shape index (κ1) is 14.8. The maximum atomic E-state index is 9.59. The molecule has 3 N–H and O–H groups in total. The summed E-state index contributed by atoms with van der Waals surface area (Å²) in [4.78, 5) is 0. The van der Waals surface area contributed by atoms with Gasteiger partial charge in [0.05, 0.1) is 21.9 Å². The number of phenols is 2. The molecule has 0 atom stereocenters. The highest BCUT2D eigenvalue weighted by Crippen LogP contribution is 2.33. The van der Waals surface area contributed by atoms with Crippen LogP contribution in [0.1, 0.15) is 5.56 Å². The molecule has 0 aliphatic heterocycles. The first-order valence-corrected chi connectivity index (χ1v) is 6.56. The molecule has 2 aromatic rings. The van der Waals surface area contributed by atoms with E-state index in [4.69, 9.17) is 34.8 Å². The fraction of sp³-hybridized carbons (Fsp3) is 0. The van der Waals surface area contributed by atoms with Gasteiger partial charge in [-0.2, -0.15) is 5.10 Å². The zero-order valence-corrected chi connectivity index (χ0v) is 12.2. The van der Waals surface area contributed by atoms with Crippen molar-refractivity contribution in [3.63, 3.8) is 0 Å². The molecule has 2 rings (SSSR count). The van der Waals surface area contributed by atoms with Gasteiger partial charge >= 0.3 is 0 Å². The zero-order chi connectivity index (χ0) is 14.7. The van der Waals surface area contributed by atoms with Crippen LogP contribution >= 0.6 is 34.8 Å². The summed E-state index contributed by atoms with van der Waals surface area (Å²) >= 11 is 17.8. The van der Waals surface area contributed by atoms with Crippen molar-refractivity contribution >= 4 is 46.7 Å². The number of rotatable bonds is 3. The number of hydrazone groups is 1. The van der Waals surface area contributed by atoms with Gasteiger partial charge in [0.15, 0.2) is 0 Å². The zero-order valence-electron chi connectivity index (χ0n) is 9.94. The SMILES string of the molecule is Oc1ccc(/C=N\Nc2c(Cl)cc(Cl)cc2Cl)c(O)c1. The van der Waals surface area contributed by atoms with E-state index in [1.807, 2.05) is 0 Å². The van der Waals surface area contributed by atoms with Gasteiger partial charge in [0.2, 0.25) is 0 Å². The lowest BCUT2D eigenvalue weighted by Crippen LogP contribution is -1.93. The van der Waals surface area contributed by atoms with Crippen LogP contribution in [0.4, 0.5) is 5.69 Å². The van der Waals surface area contributed by atoms with E-state index in [0.29, 0.717) is 26.3 Å². The number of hydrogen-bond donors (Lipinski definition) is 3. The van der Waals surface area contributed by atoms with Crippen LogP contribution in [0, 0.1) is 0 Å². The number of nitrogens with one attached hydrogen (secondary N) is 1. The van der Waals surface area contributed by atoms with Crippen molar-refractivity contribution in [2.45, 2.75) is 0 Å². The van der Waals surface area contributed by atoms with Gasteiger partial charge < -0.3 is 10.2 Å². The molecule has 104 valence electrons. The third-order valence-corrected chi connectivity index (χ3v) is 3.22. The smallest absolute Gasteiger partial charge is 0.128 e. The van der Waals surface area contributed by atoms with Crippen molar-refractivity contribution in [1.82, 2.24) is 0 Å². The Hall–Kier alpha value is -1.62. The summed E-state index contributed by atoms with van der Waals surface area (Å²) in [6.07, 6.45) is 1.37. The van der Waals surface area contributed by atoms with Gasteiger partial charge in [-0.1, -0.05) is 34.8 Å². The Bertz CT molecular complexity index is 652. The Morgan fingerprint density at radius 2 is 1.65 bits per heavy atom. The third kappa shape index (κ3) is 3.48. The highest BCUT2D eigenvalue weighted by atomic mass is 35.5. The van der Waals surface area contributed by atoms with Crippen LogP contribution in [0.25, 0.3) is 0 Å². The molecule has 0 amide bonds. The average Bonchev–Trinajstić information content (AvgIpc) is 2.34. The predicted molar refractivity (Wildman–Crippen MR) is 82.5 cm³/mol. The van der Waals surface area contributed by atoms with Crippen molar-refractivity contribution in [3.8, 4) is 11.5 Å². The molecule has 0 bridgehead atoms. The Labute approximate surface area is 130 Å². The summed E-state index contributed by atoms with van der Waals surface area (Å²) in [5.74, 6) is -0.125. The molecule has 7 heteroatoms. The summed E-state index contributed by atoms with van der Waals surface area (Å²) in [5.41, 5.74) is 3.51. The fourth-order valence-corrected chi connectivity index (χ4v) is 2.36.